The van der Waals surface area contributed by atoms with Gasteiger partial charge in [0.15, 0.2) is 0 Å². The second-order valence-electron chi connectivity index (χ2n) is 6.43. The lowest BCUT2D eigenvalue weighted by Crippen LogP contribution is -2.31. The number of carbonyl (C=O) groups excluding carboxylic acids is 2. The van der Waals surface area contributed by atoms with Crippen molar-refractivity contribution in [2.75, 3.05) is 19.0 Å². The Morgan fingerprint density at radius 1 is 1.18 bits per heavy atom. The van der Waals surface area contributed by atoms with Gasteiger partial charge in [0.25, 0.3) is 0 Å². The van der Waals surface area contributed by atoms with Crippen molar-refractivity contribution in [2.24, 2.45) is 0 Å². The second-order valence-corrected chi connectivity index (χ2v) is 6.43. The number of nitrogens with zero attached hydrogens (tertiary/aromatic N) is 3. The number of aromatic nitrogens is 3. The molecule has 0 radical (unpaired) electrons. The Bertz CT molecular complexity index is 884. The van der Waals surface area contributed by atoms with Crippen molar-refractivity contribution in [3.05, 3.63) is 41.0 Å². The van der Waals surface area contributed by atoms with Gasteiger partial charge in [-0.3, -0.25) is 0 Å². The van der Waals surface area contributed by atoms with Gasteiger partial charge in [-0.15, -0.1) is 10.2 Å². The van der Waals surface area contributed by atoms with Crippen LogP contribution in [0.15, 0.2) is 12.1 Å². The van der Waals surface area contributed by atoms with Crippen molar-refractivity contribution in [2.45, 2.75) is 38.6 Å². The van der Waals surface area contributed by atoms with Crippen LogP contribution < -0.4 is 10.6 Å². The summed E-state index contributed by atoms with van der Waals surface area (Å²) in [6.45, 7) is 1.12. The summed E-state index contributed by atoms with van der Waals surface area (Å²) in [6, 6.07) is 0.735. The van der Waals surface area contributed by atoms with Gasteiger partial charge in [-0.1, -0.05) is 6.42 Å². The summed E-state index contributed by atoms with van der Waals surface area (Å²) in [6.07, 6.45) is 4.68. The lowest BCUT2D eigenvalue weighted by molar-refractivity contribution is 0.0595. The largest absolute Gasteiger partial charge is 0.465 e. The summed E-state index contributed by atoms with van der Waals surface area (Å²) in [5, 5.41) is 13.2. The molecule has 0 fully saturated rings. The van der Waals surface area contributed by atoms with Gasteiger partial charge < -0.3 is 19.9 Å². The van der Waals surface area contributed by atoms with Crippen molar-refractivity contribution >= 4 is 17.7 Å². The summed E-state index contributed by atoms with van der Waals surface area (Å²) in [7, 11) is 1.08. The third kappa shape index (κ3) is 4.44. The maximum absolute atomic E-state index is 13.9. The fraction of sp³-hybridized carbons (Fsp3) is 0.444. The number of amides is 2. The minimum Gasteiger partial charge on any atom is -0.465 e. The normalized spacial score (nSPS) is 13.4. The Morgan fingerprint density at radius 2 is 2.00 bits per heavy atom. The zero-order chi connectivity index (χ0) is 20.1. The topological polar surface area (TPSA) is 98.1 Å². The highest BCUT2D eigenvalue weighted by molar-refractivity contribution is 5.94. The van der Waals surface area contributed by atoms with Gasteiger partial charge >= 0.3 is 12.0 Å². The van der Waals surface area contributed by atoms with E-state index in [2.05, 4.69) is 30.1 Å². The molecule has 10 heteroatoms. The van der Waals surface area contributed by atoms with E-state index in [-0.39, 0.29) is 12.2 Å². The number of carbonyl (C=O) groups is 2. The third-order valence-corrected chi connectivity index (χ3v) is 4.53. The van der Waals surface area contributed by atoms with E-state index in [9.17, 15) is 18.4 Å². The van der Waals surface area contributed by atoms with Crippen molar-refractivity contribution in [1.82, 2.24) is 20.1 Å². The van der Waals surface area contributed by atoms with Crippen LogP contribution in [-0.2, 0) is 24.1 Å². The van der Waals surface area contributed by atoms with Gasteiger partial charge in [0.1, 0.15) is 23.3 Å². The molecule has 0 saturated carbocycles. The van der Waals surface area contributed by atoms with E-state index in [1.165, 1.54) is 0 Å². The van der Waals surface area contributed by atoms with Crippen molar-refractivity contribution in [3.63, 3.8) is 0 Å². The van der Waals surface area contributed by atoms with Crippen LogP contribution in [0.25, 0.3) is 0 Å². The highest BCUT2D eigenvalue weighted by atomic mass is 19.1. The molecule has 0 spiro atoms. The maximum atomic E-state index is 13.9. The number of anilines is 1. The molecule has 0 saturated heterocycles. The predicted octanol–water partition coefficient (Wildman–Crippen LogP) is 2.43. The fourth-order valence-corrected chi connectivity index (χ4v) is 3.10. The second kappa shape index (κ2) is 8.77. The molecule has 3 rings (SSSR count). The molecule has 150 valence electrons. The summed E-state index contributed by atoms with van der Waals surface area (Å²) in [4.78, 5) is 23.5. The number of nitrogens with one attached hydrogen (secondary N) is 2. The Kier molecular flexibility index (Phi) is 6.17. The van der Waals surface area contributed by atoms with E-state index < -0.39 is 29.2 Å². The van der Waals surface area contributed by atoms with Gasteiger partial charge in [0.05, 0.1) is 18.4 Å². The summed E-state index contributed by atoms with van der Waals surface area (Å²) in [5.74, 6) is -1.28. The SMILES string of the molecule is COC(=O)c1cc(NC(=O)NCCc2nnc3n2CCCCC3)c(F)cc1F. The zero-order valence-electron chi connectivity index (χ0n) is 15.4. The number of methoxy groups -OCH3 is 1. The van der Waals surface area contributed by atoms with Gasteiger partial charge in [-0.2, -0.15) is 0 Å². The number of halogens is 2. The molecule has 2 aromatic rings. The highest BCUT2D eigenvalue weighted by Gasteiger charge is 2.18. The number of urea groups is 1. The zero-order valence-corrected chi connectivity index (χ0v) is 15.4. The Balaban J connectivity index is 1.58. The van der Waals surface area contributed by atoms with Gasteiger partial charge in [-0.25, -0.2) is 18.4 Å². The lowest BCUT2D eigenvalue weighted by atomic mass is 10.2. The molecule has 1 aliphatic rings. The Morgan fingerprint density at radius 3 is 2.79 bits per heavy atom. The number of esters is 1. The van der Waals surface area contributed by atoms with E-state index in [0.717, 1.165) is 57.1 Å². The third-order valence-electron chi connectivity index (χ3n) is 4.53. The van der Waals surface area contributed by atoms with Crippen LogP contribution in [0, 0.1) is 11.6 Å². The number of ether oxygens (including phenoxy) is 1. The first-order valence-corrected chi connectivity index (χ1v) is 9.02. The van der Waals surface area contributed by atoms with Crippen LogP contribution in [0.1, 0.15) is 41.3 Å². The molecule has 0 atom stereocenters. The monoisotopic (exact) mass is 393 g/mol. The van der Waals surface area contributed by atoms with Crippen LogP contribution in [-0.4, -0.2) is 40.4 Å². The Hall–Kier alpha value is -3.04. The van der Waals surface area contributed by atoms with Gasteiger partial charge in [0, 0.05) is 32.0 Å². The number of aryl methyl sites for hydroxylation is 1. The first kappa shape index (κ1) is 19.7. The predicted molar refractivity (Wildman–Crippen MR) is 96.0 cm³/mol. The molecule has 1 aliphatic heterocycles. The molecule has 8 nitrogen and oxygen atoms in total. The molecule has 1 aromatic carbocycles. The van der Waals surface area contributed by atoms with Crippen LogP contribution in [0.3, 0.4) is 0 Å². The number of rotatable bonds is 5. The summed E-state index contributed by atoms with van der Waals surface area (Å²) in [5.41, 5.74) is -0.791. The van der Waals surface area contributed by atoms with Gasteiger partial charge in [0.2, 0.25) is 0 Å². The highest BCUT2D eigenvalue weighted by Crippen LogP contribution is 2.20. The van der Waals surface area contributed by atoms with Crippen molar-refractivity contribution in [1.29, 1.82) is 0 Å². The summed E-state index contributed by atoms with van der Waals surface area (Å²) < 4.78 is 34.0. The molecule has 0 aliphatic carbocycles. The molecule has 0 unspecified atom stereocenters. The van der Waals surface area contributed by atoms with E-state index >= 15 is 0 Å². The van der Waals surface area contributed by atoms with E-state index in [4.69, 9.17) is 0 Å². The van der Waals surface area contributed by atoms with E-state index in [0.29, 0.717) is 12.5 Å². The molecule has 2 amide bonds. The molecule has 2 N–H and O–H groups in total. The molecule has 1 aromatic heterocycles. The van der Waals surface area contributed by atoms with Crippen LogP contribution in [0.4, 0.5) is 19.3 Å². The van der Waals surface area contributed by atoms with E-state index in [1.807, 2.05) is 0 Å². The van der Waals surface area contributed by atoms with E-state index in [1.54, 1.807) is 0 Å². The molecular weight excluding hydrogens is 372 g/mol. The van der Waals surface area contributed by atoms with Crippen LogP contribution >= 0.6 is 0 Å². The number of benzene rings is 1. The first-order valence-electron chi connectivity index (χ1n) is 9.02. The Labute approximate surface area is 160 Å². The average molecular weight is 393 g/mol. The van der Waals surface area contributed by atoms with Crippen molar-refractivity contribution in [3.8, 4) is 0 Å². The minimum absolute atomic E-state index is 0.261. The quantitative estimate of drug-likeness (QED) is 0.761. The standard InChI is InChI=1S/C18H21F2N5O3/c1-28-17(26)11-9-14(13(20)10-12(11)19)22-18(27)21-7-6-16-24-23-15-5-3-2-4-8-25(15)16/h9-10H,2-8H2,1H3,(H2,21,22,27). The lowest BCUT2D eigenvalue weighted by Gasteiger charge is -2.11. The maximum Gasteiger partial charge on any atom is 0.340 e. The molecule has 28 heavy (non-hydrogen) atoms. The smallest absolute Gasteiger partial charge is 0.340 e. The summed E-state index contributed by atoms with van der Waals surface area (Å²) >= 11 is 0. The number of hydrogen-bond donors (Lipinski definition) is 2. The molecule has 2 heterocycles. The number of fused-ring (bicyclic) bond motifs is 1. The molecule has 0 bridgehead atoms. The van der Waals surface area contributed by atoms with Crippen LogP contribution in [0.5, 0.6) is 0 Å². The van der Waals surface area contributed by atoms with Gasteiger partial charge in [-0.05, 0) is 18.9 Å². The van der Waals surface area contributed by atoms with Crippen LogP contribution in [0.2, 0.25) is 0 Å². The first-order chi connectivity index (χ1) is 13.5. The molecular formula is C18H21F2N5O3. The fourth-order valence-electron chi connectivity index (χ4n) is 3.10. The minimum atomic E-state index is -1.07. The number of hydrogen-bond acceptors (Lipinski definition) is 5. The average Bonchev–Trinajstić information content (AvgIpc) is 2.89. The van der Waals surface area contributed by atoms with Crippen molar-refractivity contribution < 1.29 is 23.1 Å².